The summed E-state index contributed by atoms with van der Waals surface area (Å²) in [5, 5.41) is 20.9. The van der Waals surface area contributed by atoms with E-state index in [9.17, 15) is 5.11 Å². The number of nitrogens with zero attached hydrogens (tertiary/aromatic N) is 3. The van der Waals surface area contributed by atoms with Gasteiger partial charge in [-0.15, -0.1) is 5.10 Å². The second-order valence-corrected chi connectivity index (χ2v) is 14.3. The molecule has 4 aromatic rings. The summed E-state index contributed by atoms with van der Waals surface area (Å²) >= 11 is 0. The van der Waals surface area contributed by atoms with E-state index in [4.69, 9.17) is 4.74 Å². The molecule has 0 bridgehead atoms. The average Bonchev–Trinajstić information content (AvgIpc) is 3.59. The number of aliphatic hydroxyl groups is 1. The van der Waals surface area contributed by atoms with Crippen molar-refractivity contribution >= 4 is 0 Å². The minimum absolute atomic E-state index is 0.0380. The van der Waals surface area contributed by atoms with E-state index >= 15 is 0 Å². The van der Waals surface area contributed by atoms with E-state index in [1.807, 2.05) is 16.9 Å². The largest absolute Gasteiger partial charge is 0.489 e. The van der Waals surface area contributed by atoms with Gasteiger partial charge in [0.2, 0.25) is 0 Å². The predicted molar refractivity (Wildman–Crippen MR) is 166 cm³/mol. The van der Waals surface area contributed by atoms with E-state index in [0.29, 0.717) is 24.4 Å². The van der Waals surface area contributed by atoms with Crippen molar-refractivity contribution in [1.82, 2.24) is 15.0 Å². The van der Waals surface area contributed by atoms with Gasteiger partial charge in [0, 0.05) is 5.56 Å². The Bertz CT molecular complexity index is 1550. The van der Waals surface area contributed by atoms with Gasteiger partial charge in [-0.25, -0.2) is 4.68 Å². The molecule has 218 valence electrons. The van der Waals surface area contributed by atoms with E-state index in [1.54, 1.807) is 0 Å². The van der Waals surface area contributed by atoms with Gasteiger partial charge in [-0.05, 0) is 95.1 Å². The number of aliphatic hydroxyl groups excluding tert-OH is 1. The predicted octanol–water partition coefficient (Wildman–Crippen LogP) is 7.89. The van der Waals surface area contributed by atoms with Gasteiger partial charge in [-0.3, -0.25) is 0 Å². The number of aromatic nitrogens is 3. The van der Waals surface area contributed by atoms with Crippen molar-refractivity contribution in [1.29, 1.82) is 0 Å². The van der Waals surface area contributed by atoms with Crippen molar-refractivity contribution in [3.63, 3.8) is 0 Å². The van der Waals surface area contributed by atoms with Crippen LogP contribution in [-0.2, 0) is 18.4 Å². The van der Waals surface area contributed by atoms with Crippen LogP contribution in [0.3, 0.4) is 0 Å². The number of hydrogen-bond donors (Lipinski definition) is 1. The number of aryl methyl sites for hydroxylation is 1. The first kappa shape index (κ1) is 27.4. The first-order valence-corrected chi connectivity index (χ1v) is 15.7. The summed E-state index contributed by atoms with van der Waals surface area (Å²) in [6, 6.07) is 25.8. The second kappa shape index (κ2) is 10.4. The van der Waals surface area contributed by atoms with Crippen LogP contribution in [0.2, 0.25) is 0 Å². The molecule has 1 heterocycles. The fraction of sp³-hybridized carbons (Fsp3) is 0.459. The summed E-state index contributed by atoms with van der Waals surface area (Å²) in [5.74, 6) is 2.56. The van der Waals surface area contributed by atoms with Crippen LogP contribution in [0.15, 0.2) is 79.0 Å². The van der Waals surface area contributed by atoms with Crippen LogP contribution in [0.1, 0.15) is 87.6 Å². The van der Waals surface area contributed by atoms with E-state index in [0.717, 1.165) is 42.7 Å². The Morgan fingerprint density at radius 3 is 2.55 bits per heavy atom. The minimum atomic E-state index is -0.420. The van der Waals surface area contributed by atoms with E-state index in [-0.39, 0.29) is 16.9 Å². The van der Waals surface area contributed by atoms with Crippen LogP contribution in [0.4, 0.5) is 0 Å². The number of hydrogen-bond acceptors (Lipinski definition) is 4. The van der Waals surface area contributed by atoms with Crippen LogP contribution in [0, 0.1) is 17.3 Å². The molecule has 2 fully saturated rings. The quantitative estimate of drug-likeness (QED) is 0.269. The molecule has 6 atom stereocenters. The highest BCUT2D eigenvalue weighted by atomic mass is 16.5. The zero-order valence-electron chi connectivity index (χ0n) is 25.3. The van der Waals surface area contributed by atoms with Crippen molar-refractivity contribution in [2.45, 2.75) is 89.9 Å². The second-order valence-electron chi connectivity index (χ2n) is 14.3. The number of fused-ring (bicyclic) bond motifs is 5. The van der Waals surface area contributed by atoms with Crippen molar-refractivity contribution in [3.8, 4) is 17.0 Å². The van der Waals surface area contributed by atoms with Gasteiger partial charge in [0.15, 0.2) is 0 Å². The van der Waals surface area contributed by atoms with E-state index in [1.165, 1.54) is 28.7 Å². The molecule has 0 radical (unpaired) electrons. The maximum absolute atomic E-state index is 11.8. The van der Waals surface area contributed by atoms with Crippen molar-refractivity contribution < 1.29 is 9.84 Å². The van der Waals surface area contributed by atoms with Crippen molar-refractivity contribution in [2.75, 3.05) is 0 Å². The summed E-state index contributed by atoms with van der Waals surface area (Å²) in [4.78, 5) is 0. The molecule has 1 aromatic heterocycles. The molecule has 0 aliphatic heterocycles. The molecule has 0 unspecified atom stereocenters. The van der Waals surface area contributed by atoms with E-state index in [2.05, 4.69) is 105 Å². The summed E-state index contributed by atoms with van der Waals surface area (Å²) in [5.41, 5.74) is 7.40. The monoisotopic (exact) mass is 561 g/mol. The van der Waals surface area contributed by atoms with Gasteiger partial charge in [0.05, 0.1) is 18.3 Å². The molecule has 3 aromatic carbocycles. The van der Waals surface area contributed by atoms with Crippen LogP contribution < -0.4 is 4.74 Å². The molecule has 0 spiro atoms. The fourth-order valence-electron chi connectivity index (χ4n) is 8.34. The highest BCUT2D eigenvalue weighted by molar-refractivity contribution is 5.58. The molecule has 0 amide bonds. The van der Waals surface area contributed by atoms with Gasteiger partial charge in [0.1, 0.15) is 18.1 Å². The van der Waals surface area contributed by atoms with Crippen LogP contribution in [0.5, 0.6) is 5.75 Å². The zero-order valence-corrected chi connectivity index (χ0v) is 25.3. The Morgan fingerprint density at radius 1 is 1.00 bits per heavy atom. The third-order valence-corrected chi connectivity index (χ3v) is 10.8. The average molecular weight is 562 g/mol. The molecule has 5 heteroatoms. The first-order valence-electron chi connectivity index (χ1n) is 15.7. The minimum Gasteiger partial charge on any atom is -0.489 e. The fourth-order valence-corrected chi connectivity index (χ4v) is 8.34. The number of ether oxygens (including phenoxy) is 1. The summed E-state index contributed by atoms with van der Waals surface area (Å²) in [6.07, 6.45) is 6.99. The zero-order chi connectivity index (χ0) is 29.1. The molecule has 1 N–H and O–H groups in total. The lowest BCUT2D eigenvalue weighted by Gasteiger charge is -2.50. The van der Waals surface area contributed by atoms with Gasteiger partial charge >= 0.3 is 0 Å². The van der Waals surface area contributed by atoms with Crippen molar-refractivity contribution in [2.24, 2.45) is 17.3 Å². The maximum Gasteiger partial charge on any atom is 0.120 e. The molecular weight excluding hydrogens is 518 g/mol. The summed E-state index contributed by atoms with van der Waals surface area (Å²) in [7, 11) is 0. The molecular formula is C37H43N3O2. The van der Waals surface area contributed by atoms with Gasteiger partial charge in [-0.1, -0.05) is 93.6 Å². The highest BCUT2D eigenvalue weighted by Crippen LogP contribution is 2.63. The Labute approximate surface area is 249 Å². The Morgan fingerprint density at radius 2 is 1.79 bits per heavy atom. The topological polar surface area (TPSA) is 60.2 Å². The molecule has 0 saturated heterocycles. The lowest BCUT2D eigenvalue weighted by molar-refractivity contribution is -0.0321. The smallest absolute Gasteiger partial charge is 0.120 e. The number of rotatable bonds is 5. The van der Waals surface area contributed by atoms with Gasteiger partial charge in [0.25, 0.3) is 0 Å². The third kappa shape index (κ3) is 4.76. The Kier molecular flexibility index (Phi) is 6.77. The number of benzene rings is 3. The first-order chi connectivity index (χ1) is 20.2. The summed E-state index contributed by atoms with van der Waals surface area (Å²) in [6.45, 7) is 9.62. The van der Waals surface area contributed by atoms with Crippen LogP contribution in [0.25, 0.3) is 11.3 Å². The molecule has 7 rings (SSSR count). The maximum atomic E-state index is 11.8. The van der Waals surface area contributed by atoms with Crippen LogP contribution in [-0.4, -0.2) is 26.2 Å². The molecule has 5 nitrogen and oxygen atoms in total. The molecule has 42 heavy (non-hydrogen) atoms. The van der Waals surface area contributed by atoms with Crippen molar-refractivity contribution in [3.05, 3.63) is 101 Å². The summed E-state index contributed by atoms with van der Waals surface area (Å²) < 4.78 is 8.12. The Balaban J connectivity index is 1.08. The lowest BCUT2D eigenvalue weighted by Crippen LogP contribution is -2.44. The molecule has 2 saturated carbocycles. The molecule has 3 aliphatic carbocycles. The standard InChI is InChI=1S/C37H43N3O2/c1-36(2,3)27-13-10-25(11-14-27)33-22-40(39-38-33)34-21-32-31-16-12-26-20-28(42-23-24-8-6-5-7-9-24)15-17-29(26)30(31)18-19-37(32,4)35(34)41/h5-11,13-15,17,20,22,30-32,34-35,41H,12,16,18-19,21,23H2,1-4H3/t30-,31-,32+,34+,35-,37-/m1/s1. The molecule has 3 aliphatic rings. The third-order valence-electron chi connectivity index (χ3n) is 10.8. The normalized spacial score (nSPS) is 28.5. The van der Waals surface area contributed by atoms with Gasteiger partial charge < -0.3 is 9.84 Å². The highest BCUT2D eigenvalue weighted by Gasteiger charge is 2.58. The Hall–Kier alpha value is -3.44. The van der Waals surface area contributed by atoms with Gasteiger partial charge in [-0.2, -0.15) is 0 Å². The van der Waals surface area contributed by atoms with E-state index < -0.39 is 6.10 Å². The SMILES string of the molecule is CC(C)(C)c1ccc(-c2cn([C@H]3C[C@H]4[C@@H]5CCc6cc(OCc7ccccc7)ccc6[C@H]5CC[C@@]4(C)[C@@H]3O)nn2)cc1. The lowest BCUT2D eigenvalue weighted by atomic mass is 9.55. The van der Waals surface area contributed by atoms with Crippen LogP contribution >= 0.6 is 0 Å².